The lowest BCUT2D eigenvalue weighted by Gasteiger charge is -2.17. The number of alkyl carbamates (subject to hydrolysis) is 1. The molecule has 184 valence electrons. The second-order valence-electron chi connectivity index (χ2n) is 8.40. The number of ether oxygens (including phenoxy) is 2. The molecule has 0 fully saturated rings. The number of aromatic amines is 1. The highest BCUT2D eigenvalue weighted by Crippen LogP contribution is 2.19. The van der Waals surface area contributed by atoms with Crippen molar-refractivity contribution in [1.82, 2.24) is 10.3 Å². The maximum absolute atomic E-state index is 13.0. The number of esters is 1. The van der Waals surface area contributed by atoms with Gasteiger partial charge < -0.3 is 19.8 Å². The van der Waals surface area contributed by atoms with Crippen LogP contribution in [0, 0.1) is 0 Å². The lowest BCUT2D eigenvalue weighted by atomic mass is 10.0. The summed E-state index contributed by atoms with van der Waals surface area (Å²) in [5, 5.41) is 3.54. The maximum Gasteiger partial charge on any atom is 0.408 e. The van der Waals surface area contributed by atoms with Gasteiger partial charge in [-0.1, -0.05) is 79.7 Å². The van der Waals surface area contributed by atoms with Crippen LogP contribution in [-0.2, 0) is 33.7 Å². The molecule has 0 aliphatic heterocycles. The maximum atomic E-state index is 13.0. The van der Waals surface area contributed by atoms with Crippen LogP contribution >= 0.6 is 0 Å². The SMILES string of the molecule is CCc1ccc(C(=O)COC(=O)[C@@H](Cc2c[nH]c3ccccc23)NC(=O)OCc2ccccc2)cc1. The van der Waals surface area contributed by atoms with Crippen molar-refractivity contribution in [2.24, 2.45) is 0 Å². The summed E-state index contributed by atoms with van der Waals surface area (Å²) in [6.45, 7) is 1.67. The van der Waals surface area contributed by atoms with E-state index in [0.29, 0.717) is 5.56 Å². The van der Waals surface area contributed by atoms with Crippen molar-refractivity contribution in [1.29, 1.82) is 0 Å². The van der Waals surface area contributed by atoms with E-state index in [-0.39, 0.29) is 18.8 Å². The third kappa shape index (κ3) is 6.39. The molecule has 0 bridgehead atoms. The number of carbonyl (C=O) groups excluding carboxylic acids is 3. The van der Waals surface area contributed by atoms with E-state index in [1.165, 1.54) is 0 Å². The number of fused-ring (bicyclic) bond motifs is 1. The molecule has 1 aromatic heterocycles. The Morgan fingerprint density at radius 3 is 2.33 bits per heavy atom. The van der Waals surface area contributed by atoms with E-state index in [4.69, 9.17) is 9.47 Å². The van der Waals surface area contributed by atoms with Crippen LogP contribution in [0.2, 0.25) is 0 Å². The van der Waals surface area contributed by atoms with E-state index in [9.17, 15) is 14.4 Å². The van der Waals surface area contributed by atoms with Crippen LogP contribution in [0.15, 0.2) is 85.1 Å². The van der Waals surface area contributed by atoms with Crippen molar-refractivity contribution in [3.05, 3.63) is 107 Å². The molecular weight excluding hydrogens is 456 g/mol. The van der Waals surface area contributed by atoms with Gasteiger partial charge >= 0.3 is 12.1 Å². The molecule has 0 aliphatic carbocycles. The third-order valence-electron chi connectivity index (χ3n) is 5.92. The van der Waals surface area contributed by atoms with E-state index < -0.39 is 24.7 Å². The standard InChI is InChI=1S/C29H28N2O5/c1-2-20-12-14-22(15-13-20)27(32)19-35-28(33)26(16-23-17-30-25-11-7-6-10-24(23)25)31-29(34)36-18-21-8-4-3-5-9-21/h3-15,17,26,30H,2,16,18-19H2,1H3,(H,31,34)/t26-/m1/s1. The van der Waals surface area contributed by atoms with Crippen molar-refractivity contribution >= 4 is 28.7 Å². The number of carbonyl (C=O) groups is 3. The minimum atomic E-state index is -1.04. The summed E-state index contributed by atoms with van der Waals surface area (Å²) in [6.07, 6.45) is 2.08. The Balaban J connectivity index is 1.43. The molecule has 0 saturated heterocycles. The Morgan fingerprint density at radius 1 is 0.861 bits per heavy atom. The zero-order chi connectivity index (χ0) is 25.3. The second kappa shape index (κ2) is 11.8. The zero-order valence-electron chi connectivity index (χ0n) is 20.0. The second-order valence-corrected chi connectivity index (χ2v) is 8.40. The van der Waals surface area contributed by atoms with Gasteiger partial charge in [0.2, 0.25) is 0 Å². The van der Waals surface area contributed by atoms with Crippen molar-refractivity contribution in [2.75, 3.05) is 6.61 Å². The average Bonchev–Trinajstić information content (AvgIpc) is 3.33. The predicted octanol–water partition coefficient (Wildman–Crippen LogP) is 4.99. The van der Waals surface area contributed by atoms with Crippen LogP contribution in [0.4, 0.5) is 4.79 Å². The zero-order valence-corrected chi connectivity index (χ0v) is 20.0. The molecule has 0 spiro atoms. The number of aryl methyl sites for hydroxylation is 1. The fourth-order valence-electron chi connectivity index (χ4n) is 3.87. The lowest BCUT2D eigenvalue weighted by Crippen LogP contribution is -2.44. The number of amides is 1. The van der Waals surface area contributed by atoms with E-state index in [1.54, 1.807) is 18.3 Å². The van der Waals surface area contributed by atoms with Crippen LogP contribution < -0.4 is 5.32 Å². The monoisotopic (exact) mass is 484 g/mol. The van der Waals surface area contributed by atoms with Gasteiger partial charge in [-0.15, -0.1) is 0 Å². The van der Waals surface area contributed by atoms with Gasteiger partial charge in [-0.2, -0.15) is 0 Å². The number of Topliss-reactive ketones (excluding diaryl/α,β-unsaturated/α-hetero) is 1. The summed E-state index contributed by atoms with van der Waals surface area (Å²) in [4.78, 5) is 41.2. The number of rotatable bonds is 10. The summed E-state index contributed by atoms with van der Waals surface area (Å²) in [5.74, 6) is -1.03. The Hall–Kier alpha value is -4.39. The molecule has 7 nitrogen and oxygen atoms in total. The minimum Gasteiger partial charge on any atom is -0.456 e. The number of para-hydroxylation sites is 1. The van der Waals surface area contributed by atoms with Crippen molar-refractivity contribution in [3.8, 4) is 0 Å². The van der Waals surface area contributed by atoms with E-state index in [2.05, 4.69) is 10.3 Å². The van der Waals surface area contributed by atoms with Crippen LogP contribution in [0.3, 0.4) is 0 Å². The molecule has 4 aromatic rings. The molecule has 3 aromatic carbocycles. The molecule has 1 atom stereocenters. The Kier molecular flexibility index (Phi) is 8.13. The number of ketones is 1. The topological polar surface area (TPSA) is 97.5 Å². The molecule has 4 rings (SSSR count). The highest BCUT2D eigenvalue weighted by atomic mass is 16.6. The van der Waals surface area contributed by atoms with Gasteiger partial charge in [0, 0.05) is 29.1 Å². The molecule has 1 heterocycles. The Morgan fingerprint density at radius 2 is 1.58 bits per heavy atom. The van der Waals surface area contributed by atoms with E-state index >= 15 is 0 Å². The minimum absolute atomic E-state index is 0.0633. The van der Waals surface area contributed by atoms with Crippen molar-refractivity contribution < 1.29 is 23.9 Å². The smallest absolute Gasteiger partial charge is 0.408 e. The quantitative estimate of drug-likeness (QED) is 0.244. The average molecular weight is 485 g/mol. The molecule has 1 amide bonds. The number of nitrogens with one attached hydrogen (secondary N) is 2. The largest absolute Gasteiger partial charge is 0.456 e. The van der Waals surface area contributed by atoms with E-state index in [1.807, 2.05) is 73.7 Å². The van der Waals surface area contributed by atoms with Crippen LogP contribution in [0.5, 0.6) is 0 Å². The summed E-state index contributed by atoms with van der Waals surface area (Å²) in [7, 11) is 0. The predicted molar refractivity (Wildman–Crippen MR) is 137 cm³/mol. The van der Waals surface area contributed by atoms with Gasteiger partial charge in [-0.05, 0) is 29.2 Å². The number of benzene rings is 3. The molecule has 0 unspecified atom stereocenters. The summed E-state index contributed by atoms with van der Waals surface area (Å²) >= 11 is 0. The fraction of sp³-hybridized carbons (Fsp3) is 0.207. The number of hydrogen-bond donors (Lipinski definition) is 2. The first-order valence-corrected chi connectivity index (χ1v) is 11.8. The molecule has 36 heavy (non-hydrogen) atoms. The molecule has 0 saturated carbocycles. The first-order chi connectivity index (χ1) is 17.5. The molecule has 2 N–H and O–H groups in total. The number of hydrogen-bond acceptors (Lipinski definition) is 5. The highest BCUT2D eigenvalue weighted by molar-refractivity contribution is 5.98. The Labute approximate surface area is 209 Å². The lowest BCUT2D eigenvalue weighted by molar-refractivity contribution is -0.144. The van der Waals surface area contributed by atoms with Gasteiger partial charge in [0.1, 0.15) is 12.6 Å². The van der Waals surface area contributed by atoms with Crippen LogP contribution in [0.25, 0.3) is 10.9 Å². The van der Waals surface area contributed by atoms with Crippen molar-refractivity contribution in [3.63, 3.8) is 0 Å². The fourth-order valence-corrected chi connectivity index (χ4v) is 3.87. The highest BCUT2D eigenvalue weighted by Gasteiger charge is 2.25. The van der Waals surface area contributed by atoms with E-state index in [0.717, 1.165) is 34.0 Å². The van der Waals surface area contributed by atoms with Gasteiger partial charge in [0.15, 0.2) is 12.4 Å². The van der Waals surface area contributed by atoms with Gasteiger partial charge in [0.05, 0.1) is 0 Å². The summed E-state index contributed by atoms with van der Waals surface area (Å²) < 4.78 is 10.6. The summed E-state index contributed by atoms with van der Waals surface area (Å²) in [6, 6.07) is 23.1. The molecule has 0 radical (unpaired) electrons. The Bertz CT molecular complexity index is 1330. The van der Waals surface area contributed by atoms with Crippen molar-refractivity contribution in [2.45, 2.75) is 32.4 Å². The first-order valence-electron chi connectivity index (χ1n) is 11.8. The molecular formula is C29H28N2O5. The number of aromatic nitrogens is 1. The number of H-pyrrole nitrogens is 1. The van der Waals surface area contributed by atoms with Gasteiger partial charge in [-0.3, -0.25) is 4.79 Å². The van der Waals surface area contributed by atoms with Crippen LogP contribution in [-0.4, -0.2) is 35.5 Å². The van der Waals surface area contributed by atoms with Gasteiger partial charge in [-0.25, -0.2) is 9.59 Å². The molecule has 7 heteroatoms. The summed E-state index contributed by atoms with van der Waals surface area (Å²) in [5.41, 5.74) is 4.14. The first kappa shape index (κ1) is 24.7. The third-order valence-corrected chi connectivity index (χ3v) is 5.92. The van der Waals surface area contributed by atoms with Gasteiger partial charge in [0.25, 0.3) is 0 Å². The normalized spacial score (nSPS) is 11.6. The van der Waals surface area contributed by atoms with Crippen LogP contribution in [0.1, 0.15) is 34.0 Å². The molecule has 0 aliphatic rings.